The van der Waals surface area contributed by atoms with Gasteiger partial charge in [-0.05, 0) is 36.5 Å². The number of ketones is 1. The largest absolute Gasteiger partial charge is 0.456 e. The minimum absolute atomic E-state index is 0. The van der Waals surface area contributed by atoms with Crippen LogP contribution >= 0.6 is 0 Å². The summed E-state index contributed by atoms with van der Waals surface area (Å²) in [4.78, 5) is 33.8. The molecule has 2 bridgehead atoms. The molecule has 1 saturated heterocycles. The van der Waals surface area contributed by atoms with Crippen molar-refractivity contribution in [2.45, 2.75) is 95.2 Å². The molecule has 11 atom stereocenters. The fraction of sp³-hybridized carbons (Fsp3) is 0.657. The molecule has 11 unspecified atom stereocenters. The summed E-state index contributed by atoms with van der Waals surface area (Å²) in [6.45, 7) is 9.26. The number of hydrogen-bond acceptors (Lipinski definition) is 11. The Morgan fingerprint density at radius 3 is 2.32 bits per heavy atom. The third kappa shape index (κ3) is 5.76. The van der Waals surface area contributed by atoms with E-state index in [1.807, 2.05) is 33.8 Å². The molecular weight excluding hydrogens is 821 g/mol. The van der Waals surface area contributed by atoms with Crippen molar-refractivity contribution in [1.29, 1.82) is 0 Å². The Balaban J connectivity index is 0.00000500. The molecule has 47 heavy (non-hydrogen) atoms. The Hall–Kier alpha value is -1.38. The third-order valence-corrected chi connectivity index (χ3v) is 11.8. The average molecular weight is 869 g/mol. The number of carbonyl (C=O) groups is 2. The first-order chi connectivity index (χ1) is 21.7. The van der Waals surface area contributed by atoms with Gasteiger partial charge in [0.1, 0.15) is 30.0 Å². The molecule has 255 valence electrons. The monoisotopic (exact) mass is 868 g/mol. The minimum atomic E-state index is -1.58. The maximum atomic E-state index is 14.8. The number of ether oxygens (including phenoxy) is 5. The molecule has 3 fully saturated rings. The number of aliphatic hydroxyl groups is 2. The van der Waals surface area contributed by atoms with Crippen LogP contribution in [0.1, 0.15) is 59.1 Å². The van der Waals surface area contributed by atoms with E-state index in [2.05, 4.69) is 11.6 Å². The molecule has 1 aliphatic heterocycles. The van der Waals surface area contributed by atoms with E-state index in [0.717, 1.165) is 0 Å². The smallest absolute Gasteiger partial charge is 0.337 e. The molecule has 11 nitrogen and oxygen atoms in total. The first-order valence-corrected chi connectivity index (χ1v) is 15.7. The Bertz CT molecular complexity index is 1410. The molecular formula is C35H47AcNO10. The standard InChI is InChI=1S/C35H47NO10.Ac/c1-10-45-36-26(21-14-12-11-13-15-21)28(43-9)31(38)46-22-17-35(40)20(3)29-33(6,23(41-7)16-24-34(29,39)18-44-24)30(37)27(42-8)25(19(22)2)32(35,4)5;/h1,11-15,20,22-24,26-29,36,39-40H,16-18H2,2-9H3;. The predicted molar refractivity (Wildman–Crippen MR) is 166 cm³/mol. The number of rotatable bonds is 9. The Morgan fingerprint density at radius 1 is 1.13 bits per heavy atom. The summed E-state index contributed by atoms with van der Waals surface area (Å²) in [5.41, 5.74) is -0.703. The van der Waals surface area contributed by atoms with Crippen LogP contribution in [-0.4, -0.2) is 91.6 Å². The minimum Gasteiger partial charge on any atom is -0.456 e. The Kier molecular flexibility index (Phi) is 11.5. The van der Waals surface area contributed by atoms with Crippen molar-refractivity contribution in [3.8, 4) is 12.5 Å². The number of Topliss-reactive ketones (excluding diaryl/α,β-unsaturated/α-hetero) is 1. The van der Waals surface area contributed by atoms with Gasteiger partial charge in [0, 0.05) is 89.6 Å². The van der Waals surface area contributed by atoms with Gasteiger partial charge >= 0.3 is 5.97 Å². The van der Waals surface area contributed by atoms with E-state index in [0.29, 0.717) is 23.1 Å². The molecule has 12 heteroatoms. The van der Waals surface area contributed by atoms with Gasteiger partial charge < -0.3 is 38.7 Å². The van der Waals surface area contributed by atoms with Crippen molar-refractivity contribution < 1.29 is 92.4 Å². The van der Waals surface area contributed by atoms with E-state index >= 15 is 0 Å². The number of carbonyl (C=O) groups excluding carboxylic acids is 2. The fourth-order valence-electron chi connectivity index (χ4n) is 9.26. The van der Waals surface area contributed by atoms with E-state index < -0.39 is 76.4 Å². The summed E-state index contributed by atoms with van der Waals surface area (Å²) < 4.78 is 29.6. The normalized spacial score (nSPS) is 38.5. The molecule has 1 heterocycles. The second-order valence-electron chi connectivity index (χ2n) is 13.9. The number of benzene rings is 1. The van der Waals surface area contributed by atoms with E-state index in [4.69, 9.17) is 34.9 Å². The van der Waals surface area contributed by atoms with Crippen LogP contribution in [0, 0.1) is 79.3 Å². The summed E-state index contributed by atoms with van der Waals surface area (Å²) in [5, 5.41) is 25.1. The molecule has 5 rings (SSSR count). The fourth-order valence-corrected chi connectivity index (χ4v) is 9.26. The number of terminal acetylenes is 1. The van der Waals surface area contributed by atoms with Crippen molar-refractivity contribution in [2.24, 2.45) is 22.7 Å². The van der Waals surface area contributed by atoms with Crippen molar-refractivity contribution in [2.75, 3.05) is 27.9 Å². The van der Waals surface area contributed by atoms with Crippen LogP contribution < -0.4 is 5.48 Å². The van der Waals surface area contributed by atoms with Crippen LogP contribution in [-0.2, 0) is 38.1 Å². The van der Waals surface area contributed by atoms with Crippen molar-refractivity contribution in [3.63, 3.8) is 0 Å². The predicted octanol–water partition coefficient (Wildman–Crippen LogP) is 2.65. The van der Waals surface area contributed by atoms with Crippen LogP contribution in [0.5, 0.6) is 0 Å². The van der Waals surface area contributed by atoms with Gasteiger partial charge in [0.15, 0.2) is 11.9 Å². The van der Waals surface area contributed by atoms with E-state index in [-0.39, 0.29) is 62.9 Å². The SMILES string of the molecule is C#CONC(c1ccccc1)C(OC)C(=O)OC1CC2(O)C(C)C3C4(O)COC4CC(OC)C3(C)C(=O)C(OC)C(=C1C)C2(C)C.[Ac]. The Morgan fingerprint density at radius 2 is 1.79 bits per heavy atom. The maximum absolute atomic E-state index is 14.8. The van der Waals surface area contributed by atoms with Gasteiger partial charge in [-0.1, -0.05) is 57.5 Å². The number of hydroxylamine groups is 1. The zero-order chi connectivity index (χ0) is 33.8. The number of nitrogens with one attached hydrogen (secondary N) is 1. The summed E-state index contributed by atoms with van der Waals surface area (Å²) in [6, 6.07) is 8.20. The topological polar surface area (TPSA) is 142 Å². The van der Waals surface area contributed by atoms with E-state index in [1.165, 1.54) is 14.2 Å². The van der Waals surface area contributed by atoms with Crippen LogP contribution in [0.25, 0.3) is 0 Å². The van der Waals surface area contributed by atoms with Crippen LogP contribution in [0.2, 0.25) is 0 Å². The Labute approximate surface area is 312 Å². The zero-order valence-electron chi connectivity index (χ0n) is 28.4. The van der Waals surface area contributed by atoms with Gasteiger partial charge in [-0.2, -0.15) is 0 Å². The molecule has 3 aliphatic carbocycles. The molecule has 3 N–H and O–H groups in total. The van der Waals surface area contributed by atoms with Crippen LogP contribution in [0.15, 0.2) is 41.5 Å². The van der Waals surface area contributed by atoms with Crippen molar-refractivity contribution in [1.82, 2.24) is 5.48 Å². The van der Waals surface area contributed by atoms with Crippen molar-refractivity contribution >= 4 is 11.8 Å². The molecule has 1 aromatic rings. The van der Waals surface area contributed by atoms with E-state index in [1.54, 1.807) is 38.3 Å². The maximum Gasteiger partial charge on any atom is 0.337 e. The number of methoxy groups -OCH3 is 3. The zero-order valence-corrected chi connectivity index (χ0v) is 33.2. The molecule has 4 aliphatic rings. The second kappa shape index (κ2) is 14.1. The van der Waals surface area contributed by atoms with Crippen LogP contribution in [0.3, 0.4) is 0 Å². The first kappa shape index (κ1) is 38.4. The van der Waals surface area contributed by atoms with Gasteiger partial charge in [-0.15, -0.1) is 5.48 Å². The molecule has 0 amide bonds. The number of esters is 1. The van der Waals surface area contributed by atoms with Gasteiger partial charge in [0.25, 0.3) is 0 Å². The average Bonchev–Trinajstić information content (AvgIpc) is 3.02. The van der Waals surface area contributed by atoms with E-state index in [9.17, 15) is 19.8 Å². The van der Waals surface area contributed by atoms with Crippen molar-refractivity contribution in [3.05, 3.63) is 47.0 Å². The van der Waals surface area contributed by atoms with Gasteiger partial charge in [-0.25, -0.2) is 4.79 Å². The molecule has 2 saturated carbocycles. The van der Waals surface area contributed by atoms with Gasteiger partial charge in [-0.3, -0.25) is 4.79 Å². The molecule has 1 radical (unpaired) electrons. The second-order valence-corrected chi connectivity index (χ2v) is 13.9. The summed E-state index contributed by atoms with van der Waals surface area (Å²) in [6.07, 6.45) is 3.29. The first-order valence-electron chi connectivity index (χ1n) is 15.7. The quantitative estimate of drug-likeness (QED) is 0.146. The number of hydrogen-bond donors (Lipinski definition) is 3. The third-order valence-electron chi connectivity index (χ3n) is 11.8. The molecule has 1 aromatic carbocycles. The summed E-state index contributed by atoms with van der Waals surface area (Å²) >= 11 is 0. The van der Waals surface area contributed by atoms with Gasteiger partial charge in [0.05, 0.1) is 29.8 Å². The number of fused-ring (bicyclic) bond motifs is 5. The molecule has 0 aromatic heterocycles. The molecule has 0 spiro atoms. The summed E-state index contributed by atoms with van der Waals surface area (Å²) in [5.74, 6) is -2.42. The van der Waals surface area contributed by atoms with Gasteiger partial charge in [0.2, 0.25) is 0 Å². The summed E-state index contributed by atoms with van der Waals surface area (Å²) in [7, 11) is 4.38. The van der Waals surface area contributed by atoms with Crippen LogP contribution in [0.4, 0.5) is 0 Å².